The van der Waals surface area contributed by atoms with Gasteiger partial charge in [0.15, 0.2) is 5.72 Å². The van der Waals surface area contributed by atoms with E-state index in [1.807, 2.05) is 55.8 Å². The summed E-state index contributed by atoms with van der Waals surface area (Å²) >= 11 is 13.7. The van der Waals surface area contributed by atoms with Gasteiger partial charge in [0, 0.05) is 82.4 Å². The molecule has 0 saturated carbocycles. The molecule has 11 atom stereocenters. The molecule has 28 heteroatoms. The highest BCUT2D eigenvalue weighted by molar-refractivity contribution is 9.09. The molecule has 8 N–H and O–H groups in total. The van der Waals surface area contributed by atoms with Gasteiger partial charge in [0.25, 0.3) is 5.91 Å². The summed E-state index contributed by atoms with van der Waals surface area (Å²) < 4.78 is 41.7. The van der Waals surface area contributed by atoms with Crippen LogP contribution in [0.4, 0.5) is 26.7 Å². The molecule has 0 aliphatic carbocycles. The number of aliphatic hydroxyl groups is 1. The van der Waals surface area contributed by atoms with Gasteiger partial charge < -0.3 is 79.4 Å². The Morgan fingerprint density at radius 2 is 1.70 bits per heavy atom. The molecule has 4 aliphatic rings. The van der Waals surface area contributed by atoms with Crippen molar-refractivity contribution in [2.75, 3.05) is 93.5 Å². The molecule has 94 heavy (non-hydrogen) atoms. The molecule has 2 aromatic carbocycles. The SMILES string of the molecule is COc1cc2cc(c1Cl)N(C)CC[C@H](OC(=O)[C@H](C)N(C)C(=O)c1ccc(NC(=O)[C@H](CCCNC(N)=O)NC(=O)[C@@H](NC(C=O)CCCC(C)(C)OC(=O)C(CBr)CBr)C(C)C)c(N3CCOCC3)c1)[C@]1(C)O[C@H]1[C@H](C)[C@@H]1C[C@@](O)(NC(=O)O1)[C@H](OC)/C=C/C=C(\C)C2. The maximum absolute atomic E-state index is 14.7. The highest BCUT2D eigenvalue weighted by Gasteiger charge is 2.64. The number of nitrogens with one attached hydrogen (secondary N) is 5. The number of carbonyl (C=O) groups excluding carboxylic acids is 8. The van der Waals surface area contributed by atoms with Crippen molar-refractivity contribution >= 4 is 109 Å². The highest BCUT2D eigenvalue weighted by Crippen LogP contribution is 2.49. The number of primary amides is 1. The minimum absolute atomic E-state index is 0.0593. The van der Waals surface area contributed by atoms with Gasteiger partial charge in [-0.05, 0) is 115 Å². The van der Waals surface area contributed by atoms with Crippen molar-refractivity contribution in [2.24, 2.45) is 23.5 Å². The lowest BCUT2D eigenvalue weighted by Gasteiger charge is -2.42. The molecule has 4 heterocycles. The van der Waals surface area contributed by atoms with Crippen molar-refractivity contribution in [1.29, 1.82) is 0 Å². The smallest absolute Gasteiger partial charge is 0.409 e. The number of aldehydes is 1. The lowest BCUT2D eigenvalue weighted by atomic mass is 9.83. The zero-order valence-corrected chi connectivity index (χ0v) is 59.9. The predicted molar refractivity (Wildman–Crippen MR) is 364 cm³/mol. The third-order valence-corrected chi connectivity index (χ3v) is 19.8. The number of rotatable bonds is 27. The number of likely N-dealkylation sites (N-methyl/N-ethyl adjacent to an activating group) is 1. The fraction of sp³-hybridized carbons (Fsp3) is 0.636. The Balaban J connectivity index is 1.23. The number of halogens is 3. The number of ether oxygens (including phenoxy) is 7. The average molecular weight is 1470 g/mol. The summed E-state index contributed by atoms with van der Waals surface area (Å²) in [7, 11) is 6.32. The first-order chi connectivity index (χ1) is 44.4. The summed E-state index contributed by atoms with van der Waals surface area (Å²) in [6, 6.07) is 3.76. The van der Waals surface area contributed by atoms with Gasteiger partial charge in [-0.15, -0.1) is 0 Å². The number of fused-ring (bicyclic) bond motifs is 5. The van der Waals surface area contributed by atoms with E-state index in [0.29, 0.717) is 97.0 Å². The number of methoxy groups -OCH3 is 2. The van der Waals surface area contributed by atoms with Gasteiger partial charge in [0.2, 0.25) is 11.8 Å². The first-order valence-electron chi connectivity index (χ1n) is 31.9. The van der Waals surface area contributed by atoms with Crippen LogP contribution in [-0.2, 0) is 58.8 Å². The van der Waals surface area contributed by atoms with Gasteiger partial charge >= 0.3 is 24.1 Å². The molecule has 522 valence electrons. The van der Waals surface area contributed by atoms with E-state index in [1.54, 1.807) is 58.9 Å². The topological polar surface area (TPSA) is 321 Å². The number of alkyl halides is 2. The second-order valence-corrected chi connectivity index (χ2v) is 27.6. The van der Waals surface area contributed by atoms with Crippen LogP contribution in [0.25, 0.3) is 0 Å². The molecular weight excluding hydrogens is 1370 g/mol. The number of urea groups is 1. The van der Waals surface area contributed by atoms with Gasteiger partial charge in [0.1, 0.15) is 58.7 Å². The van der Waals surface area contributed by atoms with Gasteiger partial charge in [0.05, 0.1) is 61.5 Å². The largest absolute Gasteiger partial charge is 0.495 e. The summed E-state index contributed by atoms with van der Waals surface area (Å²) in [6.07, 6.45) is 3.97. The van der Waals surface area contributed by atoms with Crippen LogP contribution in [0, 0.1) is 17.8 Å². The zero-order chi connectivity index (χ0) is 69.4. The Bertz CT molecular complexity index is 3060. The number of hydrogen-bond donors (Lipinski definition) is 7. The molecule has 6 rings (SSSR count). The molecule has 0 aromatic heterocycles. The van der Waals surface area contributed by atoms with E-state index in [4.69, 9.17) is 50.5 Å². The molecule has 1 unspecified atom stereocenters. The molecule has 4 aliphatic heterocycles. The second kappa shape index (κ2) is 34.7. The van der Waals surface area contributed by atoms with E-state index in [9.17, 15) is 43.5 Å². The summed E-state index contributed by atoms with van der Waals surface area (Å²) in [5.41, 5.74) is 4.98. The second-order valence-electron chi connectivity index (χ2n) is 25.9. The van der Waals surface area contributed by atoms with E-state index in [0.717, 1.165) is 17.4 Å². The summed E-state index contributed by atoms with van der Waals surface area (Å²) in [6.45, 7) is 16.2. The number of morpholine rings is 1. The minimum Gasteiger partial charge on any atom is -0.495 e. The Kier molecular flexibility index (Phi) is 28.4. The van der Waals surface area contributed by atoms with E-state index in [2.05, 4.69) is 58.4 Å². The van der Waals surface area contributed by atoms with Crippen LogP contribution in [0.15, 0.2) is 54.1 Å². The molecule has 6 amide bonds. The lowest BCUT2D eigenvalue weighted by molar-refractivity contribution is -0.160. The number of hydrogen-bond acceptors (Lipinski definition) is 19. The molecule has 3 saturated heterocycles. The zero-order valence-electron chi connectivity index (χ0n) is 56.0. The molecule has 0 spiro atoms. The highest BCUT2D eigenvalue weighted by atomic mass is 79.9. The Labute approximate surface area is 573 Å². The van der Waals surface area contributed by atoms with Crippen LogP contribution in [-0.4, -0.2) is 202 Å². The van der Waals surface area contributed by atoms with Crippen LogP contribution < -0.4 is 46.9 Å². The van der Waals surface area contributed by atoms with E-state index in [-0.39, 0.29) is 55.6 Å². The lowest BCUT2D eigenvalue weighted by Crippen LogP contribution is -2.63. The number of nitrogens with two attached hydrogens (primary N) is 1. The standard InChI is InChI=1S/C66H96Br2ClN9O16/c1-38(2)55(72-45(37-79)17-14-23-64(6,7)94-61(84)44(35-67)36-68)58(81)74-47(18-15-24-71-62(70)85)57(80)73-46-21-20-43(33-48(46)78-26-28-90-29-27-78)59(82)77(10)41(5)60(83)92-52-22-25-76(9)49-31-42(32-50(88-11)54(49)69)30-39(3)16-13-19-53(89-12)66(87)34-51(91-63(86)75-66)40(4)56-65(52,8)93-56/h13,16,19-21,31-33,37-38,40-41,44-45,47,51-53,55-56,72,87H,14-15,17-18,22-30,34-36H2,1-12H3,(H,73,80)(H,74,81)(H,75,86)(H3,70,71,85)/b19-13+,39-16+/t40-,41+,45?,47+,51+,52+,53-,55+,56+,65+,66+/m1/s1. The summed E-state index contributed by atoms with van der Waals surface area (Å²) in [5, 5.41) is 27.4. The molecular formula is C66H96Br2ClN9O16. The number of benzene rings is 2. The average Bonchev–Trinajstić information content (AvgIpc) is 1.57. The van der Waals surface area contributed by atoms with Crippen molar-refractivity contribution in [3.05, 3.63) is 70.3 Å². The van der Waals surface area contributed by atoms with E-state index in [1.165, 1.54) is 32.2 Å². The van der Waals surface area contributed by atoms with Gasteiger partial charge in [-0.3, -0.25) is 29.8 Å². The van der Waals surface area contributed by atoms with Gasteiger partial charge in [-0.2, -0.15) is 0 Å². The van der Waals surface area contributed by atoms with E-state index < -0.39 is 107 Å². The Morgan fingerprint density at radius 3 is 2.34 bits per heavy atom. The predicted octanol–water partition coefficient (Wildman–Crippen LogP) is 7.09. The fourth-order valence-corrected chi connectivity index (χ4v) is 13.9. The maximum Gasteiger partial charge on any atom is 0.409 e. The summed E-state index contributed by atoms with van der Waals surface area (Å²) in [4.78, 5) is 114. The van der Waals surface area contributed by atoms with Crippen LogP contribution >= 0.6 is 43.5 Å². The Morgan fingerprint density at radius 1 is 1.00 bits per heavy atom. The van der Waals surface area contributed by atoms with Crippen molar-refractivity contribution < 1.29 is 76.6 Å². The maximum atomic E-state index is 14.7. The van der Waals surface area contributed by atoms with E-state index >= 15 is 0 Å². The van der Waals surface area contributed by atoms with Crippen LogP contribution in [0.3, 0.4) is 0 Å². The van der Waals surface area contributed by atoms with Crippen molar-refractivity contribution in [1.82, 2.24) is 26.2 Å². The number of epoxide rings is 1. The van der Waals surface area contributed by atoms with Crippen LogP contribution in [0.5, 0.6) is 5.75 Å². The number of nitrogens with zero attached hydrogens (tertiary/aromatic N) is 3. The first-order valence-corrected chi connectivity index (χ1v) is 34.5. The molecule has 4 bridgehead atoms. The monoisotopic (exact) mass is 1460 g/mol. The number of anilines is 3. The number of allylic oxidation sites excluding steroid dienone is 3. The quantitative estimate of drug-likeness (QED) is 0.0117. The van der Waals surface area contributed by atoms with Crippen LogP contribution in [0.2, 0.25) is 5.02 Å². The van der Waals surface area contributed by atoms with Crippen molar-refractivity contribution in [2.45, 2.75) is 172 Å². The number of esters is 2. The molecule has 25 nitrogen and oxygen atoms in total. The van der Waals surface area contributed by atoms with Gasteiger partial charge in [-0.25, -0.2) is 14.4 Å². The summed E-state index contributed by atoms with van der Waals surface area (Å²) in [5.74, 6) is -3.59. The first kappa shape index (κ1) is 76.9. The third-order valence-electron chi connectivity index (χ3n) is 17.8. The third kappa shape index (κ3) is 20.5. The molecule has 3 fully saturated rings. The number of carbonyl (C=O) groups is 8. The number of amides is 6. The normalized spacial score (nSPS) is 24.7. The number of alkyl carbamates (subject to hydrolysis) is 1. The molecule has 0 radical (unpaired) electrons. The minimum atomic E-state index is -1.87. The molecule has 2 aromatic rings. The Hall–Kier alpha value is -6.07. The van der Waals surface area contributed by atoms with Crippen molar-refractivity contribution in [3.63, 3.8) is 0 Å². The van der Waals surface area contributed by atoms with Gasteiger partial charge in [-0.1, -0.05) is 88.0 Å². The van der Waals surface area contributed by atoms with Crippen molar-refractivity contribution in [3.8, 4) is 5.75 Å². The van der Waals surface area contributed by atoms with Crippen LogP contribution in [0.1, 0.15) is 116 Å². The fourth-order valence-electron chi connectivity index (χ4n) is 11.9.